The van der Waals surface area contributed by atoms with Crippen LogP contribution >= 0.6 is 0 Å². The van der Waals surface area contributed by atoms with E-state index in [0.717, 1.165) is 11.8 Å². The number of nitrogens with one attached hydrogen (secondary N) is 2. The molecule has 0 aromatic carbocycles. The first-order valence-electron chi connectivity index (χ1n) is 6.91. The second kappa shape index (κ2) is 5.55. The monoisotopic (exact) mass is 248 g/mol. The van der Waals surface area contributed by atoms with E-state index in [0.29, 0.717) is 6.04 Å². The molecule has 1 fully saturated rings. The highest BCUT2D eigenvalue weighted by molar-refractivity contribution is 5.41. The Labute approximate surface area is 110 Å². The van der Waals surface area contributed by atoms with Gasteiger partial charge in [0.2, 0.25) is 5.95 Å². The molecule has 0 radical (unpaired) electrons. The molecule has 100 valence electrons. The molecule has 0 spiro atoms. The maximum atomic E-state index is 4.52. The van der Waals surface area contributed by atoms with Gasteiger partial charge >= 0.3 is 0 Å². The molecule has 0 atom stereocenters. The minimum Gasteiger partial charge on any atom is -0.365 e. The van der Waals surface area contributed by atoms with Gasteiger partial charge in [0.1, 0.15) is 5.82 Å². The topological polar surface area (TPSA) is 49.8 Å². The lowest BCUT2D eigenvalue weighted by Gasteiger charge is -2.24. The number of hydrogen-bond donors (Lipinski definition) is 2. The van der Waals surface area contributed by atoms with Crippen LogP contribution in [0.5, 0.6) is 0 Å². The van der Waals surface area contributed by atoms with Gasteiger partial charge in [-0.2, -0.15) is 4.98 Å². The van der Waals surface area contributed by atoms with Crippen molar-refractivity contribution < 1.29 is 0 Å². The van der Waals surface area contributed by atoms with Gasteiger partial charge in [-0.1, -0.05) is 19.3 Å². The van der Waals surface area contributed by atoms with Crippen LogP contribution in [0, 0.1) is 0 Å². The zero-order valence-corrected chi connectivity index (χ0v) is 11.7. The van der Waals surface area contributed by atoms with E-state index < -0.39 is 0 Å². The summed E-state index contributed by atoms with van der Waals surface area (Å²) in [5.41, 5.74) is 0.0243. The third-order valence-electron chi connectivity index (χ3n) is 3.10. The Morgan fingerprint density at radius 3 is 2.56 bits per heavy atom. The fourth-order valence-electron chi connectivity index (χ4n) is 2.31. The highest BCUT2D eigenvalue weighted by Crippen LogP contribution is 2.21. The fraction of sp³-hybridized carbons (Fsp3) is 0.714. The summed E-state index contributed by atoms with van der Waals surface area (Å²) in [6.07, 6.45) is 8.28. The van der Waals surface area contributed by atoms with Gasteiger partial charge in [-0.25, -0.2) is 4.98 Å². The van der Waals surface area contributed by atoms with Gasteiger partial charge < -0.3 is 10.6 Å². The van der Waals surface area contributed by atoms with Crippen molar-refractivity contribution in [3.05, 3.63) is 12.3 Å². The first kappa shape index (κ1) is 13.1. The van der Waals surface area contributed by atoms with Gasteiger partial charge in [0.25, 0.3) is 0 Å². The van der Waals surface area contributed by atoms with E-state index in [-0.39, 0.29) is 5.54 Å². The van der Waals surface area contributed by atoms with E-state index >= 15 is 0 Å². The number of anilines is 2. The van der Waals surface area contributed by atoms with Crippen molar-refractivity contribution in [1.29, 1.82) is 0 Å². The Kier molecular flexibility index (Phi) is 4.04. The smallest absolute Gasteiger partial charge is 0.224 e. The Bertz CT molecular complexity index is 378. The largest absolute Gasteiger partial charge is 0.365 e. The van der Waals surface area contributed by atoms with Crippen molar-refractivity contribution in [2.45, 2.75) is 64.5 Å². The molecule has 1 aromatic heterocycles. The van der Waals surface area contributed by atoms with Crippen LogP contribution in [0.1, 0.15) is 52.9 Å². The zero-order valence-electron chi connectivity index (χ0n) is 11.7. The lowest BCUT2D eigenvalue weighted by Crippen LogP contribution is -2.27. The Hall–Kier alpha value is -1.32. The van der Waals surface area contributed by atoms with E-state index in [4.69, 9.17) is 0 Å². The van der Waals surface area contributed by atoms with Crippen LogP contribution in [0.3, 0.4) is 0 Å². The van der Waals surface area contributed by atoms with Crippen LogP contribution in [0.2, 0.25) is 0 Å². The standard InChI is InChI=1S/C14H24N4/c1-14(2,3)18-12-9-10-15-13(17-12)16-11-7-5-4-6-8-11/h9-11H,4-8H2,1-3H3,(H2,15,16,17,18). The molecule has 2 N–H and O–H groups in total. The van der Waals surface area contributed by atoms with E-state index in [2.05, 4.69) is 41.4 Å². The van der Waals surface area contributed by atoms with Crippen LogP contribution in [0.4, 0.5) is 11.8 Å². The second-order valence-corrected chi connectivity index (χ2v) is 6.12. The lowest BCUT2D eigenvalue weighted by molar-refractivity contribution is 0.461. The molecule has 2 rings (SSSR count). The van der Waals surface area contributed by atoms with Crippen LogP contribution in [-0.2, 0) is 0 Å². The summed E-state index contributed by atoms with van der Waals surface area (Å²) in [7, 11) is 0. The van der Waals surface area contributed by atoms with Crippen LogP contribution < -0.4 is 10.6 Å². The minimum atomic E-state index is 0.0243. The molecule has 1 aromatic rings. The third kappa shape index (κ3) is 4.17. The van der Waals surface area contributed by atoms with Crippen molar-refractivity contribution in [2.24, 2.45) is 0 Å². The highest BCUT2D eigenvalue weighted by Gasteiger charge is 2.15. The number of nitrogens with zero attached hydrogens (tertiary/aromatic N) is 2. The molecular formula is C14H24N4. The van der Waals surface area contributed by atoms with Crippen molar-refractivity contribution >= 4 is 11.8 Å². The summed E-state index contributed by atoms with van der Waals surface area (Å²) in [5, 5.41) is 6.81. The van der Waals surface area contributed by atoms with Gasteiger partial charge in [0.05, 0.1) is 0 Å². The molecule has 4 heteroatoms. The Balaban J connectivity index is 1.98. The van der Waals surface area contributed by atoms with E-state index in [9.17, 15) is 0 Å². The number of rotatable bonds is 3. The van der Waals surface area contributed by atoms with Crippen molar-refractivity contribution in [3.8, 4) is 0 Å². The van der Waals surface area contributed by atoms with Crippen LogP contribution in [0.15, 0.2) is 12.3 Å². The molecule has 0 aliphatic heterocycles. The van der Waals surface area contributed by atoms with E-state index in [1.807, 2.05) is 12.3 Å². The average molecular weight is 248 g/mol. The molecule has 0 amide bonds. The summed E-state index contributed by atoms with van der Waals surface area (Å²) in [4.78, 5) is 8.82. The van der Waals surface area contributed by atoms with Crippen molar-refractivity contribution in [3.63, 3.8) is 0 Å². The maximum absolute atomic E-state index is 4.52. The maximum Gasteiger partial charge on any atom is 0.224 e. The van der Waals surface area contributed by atoms with Crippen molar-refractivity contribution in [1.82, 2.24) is 9.97 Å². The molecule has 1 aliphatic carbocycles. The van der Waals surface area contributed by atoms with Crippen LogP contribution in [0.25, 0.3) is 0 Å². The average Bonchev–Trinajstić information content (AvgIpc) is 2.28. The van der Waals surface area contributed by atoms with Gasteiger partial charge in [0, 0.05) is 17.8 Å². The van der Waals surface area contributed by atoms with Gasteiger partial charge in [-0.05, 0) is 39.7 Å². The summed E-state index contributed by atoms with van der Waals surface area (Å²) in [6, 6.07) is 2.46. The molecular weight excluding hydrogens is 224 g/mol. The molecule has 1 heterocycles. The van der Waals surface area contributed by atoms with Gasteiger partial charge in [-0.15, -0.1) is 0 Å². The molecule has 0 saturated heterocycles. The molecule has 1 saturated carbocycles. The zero-order chi connectivity index (χ0) is 13.0. The quantitative estimate of drug-likeness (QED) is 0.860. The summed E-state index contributed by atoms with van der Waals surface area (Å²) in [6.45, 7) is 6.38. The van der Waals surface area contributed by atoms with E-state index in [1.165, 1.54) is 32.1 Å². The minimum absolute atomic E-state index is 0.0243. The third-order valence-corrected chi connectivity index (χ3v) is 3.10. The number of aromatic nitrogens is 2. The van der Waals surface area contributed by atoms with Gasteiger partial charge in [-0.3, -0.25) is 0 Å². The summed E-state index contributed by atoms with van der Waals surface area (Å²) in [5.74, 6) is 1.63. The molecule has 0 unspecified atom stereocenters. The van der Waals surface area contributed by atoms with E-state index in [1.54, 1.807) is 0 Å². The predicted octanol–water partition coefficient (Wildman–Crippen LogP) is 3.43. The first-order chi connectivity index (χ1) is 8.53. The lowest BCUT2D eigenvalue weighted by atomic mass is 9.96. The fourth-order valence-corrected chi connectivity index (χ4v) is 2.31. The highest BCUT2D eigenvalue weighted by atomic mass is 15.2. The first-order valence-corrected chi connectivity index (χ1v) is 6.91. The normalized spacial score (nSPS) is 17.5. The molecule has 0 bridgehead atoms. The summed E-state index contributed by atoms with van der Waals surface area (Å²) >= 11 is 0. The predicted molar refractivity (Wildman–Crippen MR) is 75.9 cm³/mol. The Morgan fingerprint density at radius 1 is 1.17 bits per heavy atom. The second-order valence-electron chi connectivity index (χ2n) is 6.12. The van der Waals surface area contributed by atoms with Gasteiger partial charge in [0.15, 0.2) is 0 Å². The van der Waals surface area contributed by atoms with Crippen molar-refractivity contribution in [2.75, 3.05) is 10.6 Å². The summed E-state index contributed by atoms with van der Waals surface area (Å²) < 4.78 is 0. The molecule has 18 heavy (non-hydrogen) atoms. The molecule has 1 aliphatic rings. The Morgan fingerprint density at radius 2 is 1.89 bits per heavy atom. The molecule has 4 nitrogen and oxygen atoms in total. The SMILES string of the molecule is CC(C)(C)Nc1ccnc(NC2CCCCC2)n1. The van der Waals surface area contributed by atoms with Crippen LogP contribution in [-0.4, -0.2) is 21.5 Å². The number of hydrogen-bond acceptors (Lipinski definition) is 4.